The first-order chi connectivity index (χ1) is 15.1. The Morgan fingerprint density at radius 1 is 1.12 bits per heavy atom. The van der Waals surface area contributed by atoms with Crippen LogP contribution in [0.5, 0.6) is 5.75 Å². The molecule has 0 saturated heterocycles. The van der Waals surface area contributed by atoms with Gasteiger partial charge in [0.25, 0.3) is 0 Å². The summed E-state index contributed by atoms with van der Waals surface area (Å²) >= 11 is 9.55. The SMILES string of the molecule is CS(=O)(=O)C1C(O)C2(O)c3ncc(Cl)cc3OC2(c2ccc(Br)cc2)C1c1ccccc1. The Labute approximate surface area is 198 Å². The lowest BCUT2D eigenvalue weighted by Crippen LogP contribution is -2.52. The van der Waals surface area contributed by atoms with Crippen molar-refractivity contribution in [3.05, 3.63) is 93.2 Å². The maximum Gasteiger partial charge on any atom is 0.182 e. The lowest BCUT2D eigenvalue weighted by molar-refractivity contribution is -0.150. The summed E-state index contributed by atoms with van der Waals surface area (Å²) in [6, 6.07) is 17.5. The van der Waals surface area contributed by atoms with E-state index in [1.165, 1.54) is 12.3 Å². The summed E-state index contributed by atoms with van der Waals surface area (Å²) in [5, 5.41) is 22.7. The molecule has 1 saturated carbocycles. The van der Waals surface area contributed by atoms with Gasteiger partial charge in [-0.25, -0.2) is 8.42 Å². The van der Waals surface area contributed by atoms with Crippen molar-refractivity contribution in [3.63, 3.8) is 0 Å². The molecule has 1 aliphatic carbocycles. The number of pyridine rings is 1. The molecule has 166 valence electrons. The first-order valence-electron chi connectivity index (χ1n) is 9.86. The lowest BCUT2D eigenvalue weighted by atomic mass is 9.72. The summed E-state index contributed by atoms with van der Waals surface area (Å²) in [7, 11) is -3.85. The molecule has 2 aliphatic rings. The van der Waals surface area contributed by atoms with Crippen molar-refractivity contribution in [1.82, 2.24) is 4.98 Å². The molecule has 5 unspecified atom stereocenters. The average Bonchev–Trinajstić information content (AvgIpc) is 3.12. The van der Waals surface area contributed by atoms with Gasteiger partial charge in [-0.05, 0) is 23.3 Å². The molecule has 3 aromatic rings. The Morgan fingerprint density at radius 2 is 1.78 bits per heavy atom. The van der Waals surface area contributed by atoms with E-state index in [2.05, 4.69) is 20.9 Å². The Balaban J connectivity index is 1.90. The number of benzene rings is 2. The van der Waals surface area contributed by atoms with E-state index in [1.54, 1.807) is 48.5 Å². The van der Waals surface area contributed by atoms with E-state index < -0.39 is 38.3 Å². The number of hydrogen-bond acceptors (Lipinski definition) is 6. The van der Waals surface area contributed by atoms with Crippen LogP contribution in [0.3, 0.4) is 0 Å². The van der Waals surface area contributed by atoms with E-state index >= 15 is 0 Å². The first kappa shape index (κ1) is 21.9. The van der Waals surface area contributed by atoms with Crippen LogP contribution in [0.1, 0.15) is 22.7 Å². The first-order valence-corrected chi connectivity index (χ1v) is 13.0. The van der Waals surface area contributed by atoms with E-state index in [0.717, 1.165) is 10.7 Å². The van der Waals surface area contributed by atoms with Crippen LogP contribution in [0.2, 0.25) is 5.02 Å². The fraction of sp³-hybridized carbons (Fsp3) is 0.261. The number of hydrogen-bond donors (Lipinski definition) is 2. The van der Waals surface area contributed by atoms with Crippen molar-refractivity contribution in [2.45, 2.75) is 28.5 Å². The molecule has 2 N–H and O–H groups in total. The lowest BCUT2D eigenvalue weighted by Gasteiger charge is -2.40. The molecule has 0 spiro atoms. The third-order valence-corrected chi connectivity index (χ3v) is 8.70. The Kier molecular flexibility index (Phi) is 4.96. The molecule has 0 radical (unpaired) electrons. The molecule has 32 heavy (non-hydrogen) atoms. The van der Waals surface area contributed by atoms with Crippen molar-refractivity contribution in [1.29, 1.82) is 0 Å². The molecule has 0 bridgehead atoms. The maximum absolute atomic E-state index is 13.0. The molecule has 0 amide bonds. The Bertz CT molecular complexity index is 1300. The standard InChI is InChI=1S/C23H19BrClNO5S/c1-32(29,30)19-18(13-5-3-2-4-6-13)23(14-7-9-15(24)10-8-14)22(28,21(19)27)20-17(31-23)11-16(25)12-26-20/h2-12,18-19,21,27-28H,1H3. The van der Waals surface area contributed by atoms with Gasteiger partial charge in [-0.1, -0.05) is 70.0 Å². The highest BCUT2D eigenvalue weighted by Crippen LogP contribution is 2.67. The number of sulfone groups is 1. The zero-order valence-corrected chi connectivity index (χ0v) is 20.0. The summed E-state index contributed by atoms with van der Waals surface area (Å²) < 4.78 is 33.3. The van der Waals surface area contributed by atoms with Crippen LogP contribution >= 0.6 is 27.5 Å². The van der Waals surface area contributed by atoms with E-state index in [1.807, 2.05) is 6.07 Å². The highest BCUT2D eigenvalue weighted by atomic mass is 79.9. The van der Waals surface area contributed by atoms with Crippen LogP contribution in [0, 0.1) is 0 Å². The molecular formula is C23H19BrClNO5S. The number of aliphatic hydroxyl groups excluding tert-OH is 1. The van der Waals surface area contributed by atoms with Crippen LogP contribution in [0.15, 0.2) is 71.3 Å². The predicted molar refractivity (Wildman–Crippen MR) is 123 cm³/mol. The second kappa shape index (κ2) is 7.27. The fourth-order valence-corrected chi connectivity index (χ4v) is 7.17. The average molecular weight is 537 g/mol. The summed E-state index contributed by atoms with van der Waals surface area (Å²) in [6.07, 6.45) is 0.700. The number of nitrogens with zero attached hydrogens (tertiary/aromatic N) is 1. The number of halogens is 2. The molecule has 5 atom stereocenters. The van der Waals surface area contributed by atoms with Gasteiger partial charge in [-0.2, -0.15) is 0 Å². The molecule has 2 heterocycles. The second-order valence-electron chi connectivity index (χ2n) is 8.24. The predicted octanol–water partition coefficient (Wildman–Crippen LogP) is 3.54. The van der Waals surface area contributed by atoms with Gasteiger partial charge in [0.15, 0.2) is 21.0 Å². The van der Waals surface area contributed by atoms with Crippen LogP contribution in [0.4, 0.5) is 0 Å². The van der Waals surface area contributed by atoms with Gasteiger partial charge in [0.1, 0.15) is 22.8 Å². The number of rotatable bonds is 3. The molecule has 1 aromatic heterocycles. The maximum atomic E-state index is 13.0. The summed E-state index contributed by atoms with van der Waals surface area (Å²) in [5.74, 6) is -0.734. The number of aromatic nitrogens is 1. The van der Waals surface area contributed by atoms with Gasteiger partial charge < -0.3 is 14.9 Å². The largest absolute Gasteiger partial charge is 0.476 e. The molecule has 6 nitrogen and oxygen atoms in total. The van der Waals surface area contributed by atoms with Gasteiger partial charge in [-0.15, -0.1) is 0 Å². The summed E-state index contributed by atoms with van der Waals surface area (Å²) in [6.45, 7) is 0. The molecule has 1 aliphatic heterocycles. The van der Waals surface area contributed by atoms with Crippen molar-refractivity contribution >= 4 is 37.4 Å². The van der Waals surface area contributed by atoms with Crippen LogP contribution in [-0.2, 0) is 21.0 Å². The van der Waals surface area contributed by atoms with E-state index in [-0.39, 0.29) is 11.4 Å². The minimum absolute atomic E-state index is 0.0596. The van der Waals surface area contributed by atoms with Gasteiger partial charge in [0.05, 0.1) is 10.9 Å². The van der Waals surface area contributed by atoms with Gasteiger partial charge in [0.2, 0.25) is 0 Å². The molecule has 5 rings (SSSR count). The number of aliphatic hydroxyl groups is 2. The molecule has 9 heteroatoms. The molecule has 1 fully saturated rings. The fourth-order valence-electron chi connectivity index (χ4n) is 5.25. The minimum Gasteiger partial charge on any atom is -0.476 e. The summed E-state index contributed by atoms with van der Waals surface area (Å²) in [5.41, 5.74) is -2.63. The molecule has 2 aromatic carbocycles. The summed E-state index contributed by atoms with van der Waals surface area (Å²) in [4.78, 5) is 4.29. The number of ether oxygens (including phenoxy) is 1. The van der Waals surface area contributed by atoms with Crippen LogP contribution < -0.4 is 4.74 Å². The van der Waals surface area contributed by atoms with Crippen molar-refractivity contribution in [2.24, 2.45) is 0 Å². The molecular weight excluding hydrogens is 518 g/mol. The zero-order chi connectivity index (χ0) is 22.9. The minimum atomic E-state index is -3.85. The third kappa shape index (κ3) is 2.83. The van der Waals surface area contributed by atoms with Crippen molar-refractivity contribution in [3.8, 4) is 5.75 Å². The monoisotopic (exact) mass is 535 g/mol. The van der Waals surface area contributed by atoms with Gasteiger partial charge in [-0.3, -0.25) is 4.98 Å². The van der Waals surface area contributed by atoms with Gasteiger partial charge >= 0.3 is 0 Å². The van der Waals surface area contributed by atoms with Crippen molar-refractivity contribution in [2.75, 3.05) is 6.26 Å². The highest BCUT2D eigenvalue weighted by Gasteiger charge is 2.78. The normalized spacial score (nSPS) is 31.1. The quantitative estimate of drug-likeness (QED) is 0.532. The number of fused-ring (bicyclic) bond motifs is 3. The van der Waals surface area contributed by atoms with E-state index in [9.17, 15) is 18.6 Å². The van der Waals surface area contributed by atoms with Crippen LogP contribution in [-0.4, -0.2) is 41.2 Å². The van der Waals surface area contributed by atoms with E-state index in [4.69, 9.17) is 16.3 Å². The second-order valence-corrected chi connectivity index (χ2v) is 11.8. The van der Waals surface area contributed by atoms with Gasteiger partial charge in [0, 0.05) is 23.0 Å². The van der Waals surface area contributed by atoms with Crippen molar-refractivity contribution < 1.29 is 23.4 Å². The Morgan fingerprint density at radius 3 is 2.41 bits per heavy atom. The zero-order valence-electron chi connectivity index (χ0n) is 16.8. The highest BCUT2D eigenvalue weighted by molar-refractivity contribution is 9.10. The third-order valence-electron chi connectivity index (χ3n) is 6.45. The topological polar surface area (TPSA) is 96.7 Å². The van der Waals surface area contributed by atoms with E-state index in [0.29, 0.717) is 16.1 Å². The Hall–Kier alpha value is -1.97. The van der Waals surface area contributed by atoms with Crippen LogP contribution in [0.25, 0.3) is 0 Å². The smallest absolute Gasteiger partial charge is 0.182 e.